The fourth-order valence-corrected chi connectivity index (χ4v) is 4.82. The maximum atomic E-state index is 13.0. The van der Waals surface area contributed by atoms with Crippen LogP contribution in [0, 0.1) is 5.92 Å². The Labute approximate surface area is 168 Å². The molecule has 1 amide bonds. The Morgan fingerprint density at radius 2 is 1.82 bits per heavy atom. The smallest absolute Gasteiger partial charge is 0.225 e. The summed E-state index contributed by atoms with van der Waals surface area (Å²) in [6, 6.07) is 11.1. The summed E-state index contributed by atoms with van der Waals surface area (Å²) in [6.45, 7) is 11.6. The number of aromatic amines is 1. The highest BCUT2D eigenvalue weighted by Crippen LogP contribution is 2.29. The molecular formula is C23H34N4O. The van der Waals surface area contributed by atoms with Crippen molar-refractivity contribution in [2.75, 3.05) is 45.8 Å². The van der Waals surface area contributed by atoms with Gasteiger partial charge < -0.3 is 9.88 Å². The molecule has 2 aliphatic heterocycles. The van der Waals surface area contributed by atoms with Crippen molar-refractivity contribution in [3.63, 3.8) is 0 Å². The van der Waals surface area contributed by atoms with Crippen LogP contribution in [0.3, 0.4) is 0 Å². The normalized spacial score (nSPS) is 21.3. The third-order valence-electron chi connectivity index (χ3n) is 6.65. The molecule has 5 nitrogen and oxygen atoms in total. The number of hydrogen-bond donors (Lipinski definition) is 1. The summed E-state index contributed by atoms with van der Waals surface area (Å²) < 4.78 is 0. The lowest BCUT2D eigenvalue weighted by molar-refractivity contribution is -0.139. The molecule has 0 aliphatic carbocycles. The largest absolute Gasteiger partial charge is 0.357 e. The summed E-state index contributed by atoms with van der Waals surface area (Å²) in [5.41, 5.74) is 2.48. The Kier molecular flexibility index (Phi) is 6.02. The standard InChI is InChI=1S/C23H34N4O/c1-3-10-25-13-15-27(16-14-25)23(28)19-8-11-26(12-9-19)18(2)22-17-20-6-4-5-7-21(20)24-22/h4-7,17-19,24H,3,8-16H2,1-2H3. The average molecular weight is 383 g/mol. The second kappa shape index (κ2) is 8.66. The van der Waals surface area contributed by atoms with E-state index in [-0.39, 0.29) is 5.92 Å². The van der Waals surface area contributed by atoms with Crippen LogP contribution in [0.1, 0.15) is 44.8 Å². The number of hydrogen-bond acceptors (Lipinski definition) is 3. The van der Waals surface area contributed by atoms with E-state index in [0.29, 0.717) is 11.9 Å². The van der Waals surface area contributed by atoms with E-state index in [4.69, 9.17) is 0 Å². The molecule has 0 radical (unpaired) electrons. The van der Waals surface area contributed by atoms with Crippen LogP contribution in [-0.2, 0) is 4.79 Å². The Balaban J connectivity index is 1.30. The molecule has 2 aromatic rings. The van der Waals surface area contributed by atoms with E-state index < -0.39 is 0 Å². The second-order valence-electron chi connectivity index (χ2n) is 8.47. The van der Waals surface area contributed by atoms with E-state index in [0.717, 1.165) is 58.7 Å². The van der Waals surface area contributed by atoms with Crippen LogP contribution in [-0.4, -0.2) is 71.4 Å². The van der Waals surface area contributed by atoms with Crippen molar-refractivity contribution in [1.82, 2.24) is 19.7 Å². The molecular weight excluding hydrogens is 348 g/mol. The van der Waals surface area contributed by atoms with Gasteiger partial charge in [-0.1, -0.05) is 25.1 Å². The molecule has 28 heavy (non-hydrogen) atoms. The minimum absolute atomic E-state index is 0.212. The summed E-state index contributed by atoms with van der Waals surface area (Å²) in [7, 11) is 0. The number of para-hydroxylation sites is 1. The molecule has 1 aromatic carbocycles. The van der Waals surface area contributed by atoms with E-state index in [1.54, 1.807) is 0 Å². The van der Waals surface area contributed by atoms with Crippen molar-refractivity contribution in [2.45, 2.75) is 39.2 Å². The van der Waals surface area contributed by atoms with Gasteiger partial charge in [0.25, 0.3) is 0 Å². The predicted molar refractivity (Wildman–Crippen MR) is 114 cm³/mol. The molecule has 1 atom stereocenters. The van der Waals surface area contributed by atoms with Gasteiger partial charge >= 0.3 is 0 Å². The Hall–Kier alpha value is -1.85. The summed E-state index contributed by atoms with van der Waals surface area (Å²) in [6.07, 6.45) is 3.16. The zero-order chi connectivity index (χ0) is 19.5. The van der Waals surface area contributed by atoms with Crippen molar-refractivity contribution in [1.29, 1.82) is 0 Å². The molecule has 3 heterocycles. The highest BCUT2D eigenvalue weighted by Gasteiger charge is 2.32. The first-order chi connectivity index (χ1) is 13.7. The first-order valence-corrected chi connectivity index (χ1v) is 11.0. The maximum Gasteiger partial charge on any atom is 0.225 e. The van der Waals surface area contributed by atoms with Crippen molar-refractivity contribution < 1.29 is 4.79 Å². The summed E-state index contributed by atoms with van der Waals surface area (Å²) >= 11 is 0. The van der Waals surface area contributed by atoms with Crippen molar-refractivity contribution in [3.8, 4) is 0 Å². The molecule has 152 valence electrons. The molecule has 5 heteroatoms. The first-order valence-electron chi connectivity index (χ1n) is 11.0. The fourth-order valence-electron chi connectivity index (χ4n) is 4.82. The number of benzene rings is 1. The van der Waals surface area contributed by atoms with Gasteiger partial charge in [0.2, 0.25) is 5.91 Å². The molecule has 0 bridgehead atoms. The number of piperazine rings is 1. The van der Waals surface area contributed by atoms with Crippen LogP contribution in [0.25, 0.3) is 10.9 Å². The number of nitrogens with one attached hydrogen (secondary N) is 1. The maximum absolute atomic E-state index is 13.0. The van der Waals surface area contributed by atoms with Gasteiger partial charge in [0.1, 0.15) is 0 Å². The Morgan fingerprint density at radius 3 is 2.50 bits per heavy atom. The molecule has 1 N–H and O–H groups in total. The van der Waals surface area contributed by atoms with Gasteiger partial charge in [-0.2, -0.15) is 0 Å². The monoisotopic (exact) mass is 382 g/mol. The van der Waals surface area contributed by atoms with E-state index in [1.165, 1.54) is 23.0 Å². The zero-order valence-electron chi connectivity index (χ0n) is 17.4. The molecule has 1 aromatic heterocycles. The first kappa shape index (κ1) is 19.5. The molecule has 2 fully saturated rings. The second-order valence-corrected chi connectivity index (χ2v) is 8.47. The van der Waals surface area contributed by atoms with Gasteiger partial charge in [0.05, 0.1) is 0 Å². The molecule has 1 unspecified atom stereocenters. The number of piperidine rings is 1. The SMILES string of the molecule is CCCN1CCN(C(=O)C2CCN(C(C)c3cc4ccccc4[nH]3)CC2)CC1. The number of amides is 1. The zero-order valence-corrected chi connectivity index (χ0v) is 17.4. The van der Waals surface area contributed by atoms with E-state index >= 15 is 0 Å². The summed E-state index contributed by atoms with van der Waals surface area (Å²) in [5.74, 6) is 0.609. The van der Waals surface area contributed by atoms with Crippen molar-refractivity contribution in [2.24, 2.45) is 5.92 Å². The van der Waals surface area contributed by atoms with Gasteiger partial charge in [-0.3, -0.25) is 14.6 Å². The Morgan fingerprint density at radius 1 is 1.11 bits per heavy atom. The van der Waals surface area contributed by atoms with Gasteiger partial charge in [-0.15, -0.1) is 0 Å². The minimum Gasteiger partial charge on any atom is -0.357 e. The molecule has 2 aliphatic rings. The highest BCUT2D eigenvalue weighted by molar-refractivity contribution is 5.80. The number of nitrogens with zero attached hydrogens (tertiary/aromatic N) is 3. The summed E-state index contributed by atoms with van der Waals surface area (Å²) in [5, 5.41) is 1.27. The van der Waals surface area contributed by atoms with Gasteiger partial charge in [-0.25, -0.2) is 0 Å². The lowest BCUT2D eigenvalue weighted by Crippen LogP contribution is -2.51. The molecule has 4 rings (SSSR count). The third-order valence-corrected chi connectivity index (χ3v) is 6.65. The van der Waals surface area contributed by atoms with E-state index in [9.17, 15) is 4.79 Å². The van der Waals surface area contributed by atoms with Crippen LogP contribution in [0.15, 0.2) is 30.3 Å². The third kappa shape index (κ3) is 4.11. The number of carbonyl (C=O) groups is 1. The quantitative estimate of drug-likeness (QED) is 0.861. The Bertz CT molecular complexity index is 752. The van der Waals surface area contributed by atoms with Gasteiger partial charge in [0, 0.05) is 49.3 Å². The van der Waals surface area contributed by atoms with Gasteiger partial charge in [0.15, 0.2) is 0 Å². The minimum atomic E-state index is 0.212. The topological polar surface area (TPSA) is 42.6 Å². The number of fused-ring (bicyclic) bond motifs is 1. The van der Waals surface area contributed by atoms with E-state index in [2.05, 4.69) is 63.9 Å². The van der Waals surface area contributed by atoms with Crippen LogP contribution in [0.4, 0.5) is 0 Å². The van der Waals surface area contributed by atoms with Crippen LogP contribution in [0.5, 0.6) is 0 Å². The lowest BCUT2D eigenvalue weighted by atomic mass is 9.93. The number of H-pyrrole nitrogens is 1. The van der Waals surface area contributed by atoms with Crippen LogP contribution in [0.2, 0.25) is 0 Å². The lowest BCUT2D eigenvalue weighted by Gasteiger charge is -2.39. The molecule has 0 spiro atoms. The van der Waals surface area contributed by atoms with Crippen molar-refractivity contribution >= 4 is 16.8 Å². The summed E-state index contributed by atoms with van der Waals surface area (Å²) in [4.78, 5) is 23.7. The fraction of sp³-hybridized carbons (Fsp3) is 0.609. The number of aromatic nitrogens is 1. The van der Waals surface area contributed by atoms with Crippen molar-refractivity contribution in [3.05, 3.63) is 36.0 Å². The number of rotatable bonds is 5. The van der Waals surface area contributed by atoms with Crippen LogP contribution >= 0.6 is 0 Å². The van der Waals surface area contributed by atoms with Crippen LogP contribution < -0.4 is 0 Å². The number of likely N-dealkylation sites (tertiary alicyclic amines) is 1. The predicted octanol–water partition coefficient (Wildman–Crippen LogP) is 3.50. The number of carbonyl (C=O) groups excluding carboxylic acids is 1. The highest BCUT2D eigenvalue weighted by atomic mass is 16.2. The van der Waals surface area contributed by atoms with E-state index in [1.807, 2.05) is 0 Å². The molecule has 2 saturated heterocycles. The van der Waals surface area contributed by atoms with Gasteiger partial charge in [-0.05, 0) is 63.3 Å². The average Bonchev–Trinajstić information content (AvgIpc) is 3.18. The molecule has 0 saturated carbocycles.